The predicted octanol–water partition coefficient (Wildman–Crippen LogP) is 2.95. The van der Waals surface area contributed by atoms with Gasteiger partial charge in [-0.3, -0.25) is 4.90 Å². The molecule has 5 heteroatoms. The molecule has 1 aromatic carbocycles. The van der Waals surface area contributed by atoms with Gasteiger partial charge in [0.15, 0.2) is 0 Å². The van der Waals surface area contributed by atoms with E-state index in [1.165, 1.54) is 4.90 Å². The molecular formula is C16H18F3NO. The molecule has 0 heterocycles. The van der Waals surface area contributed by atoms with Crippen LogP contribution in [0.2, 0.25) is 0 Å². The number of nitrogens with zero attached hydrogens (tertiary/aromatic N) is 1. The van der Waals surface area contributed by atoms with Gasteiger partial charge in [-0.2, -0.15) is 13.2 Å². The largest absolute Gasteiger partial charge is 0.401 e. The molecule has 0 atom stereocenters. The van der Waals surface area contributed by atoms with Crippen LogP contribution in [0.1, 0.15) is 30.4 Å². The lowest BCUT2D eigenvalue weighted by Gasteiger charge is -2.24. The van der Waals surface area contributed by atoms with E-state index in [4.69, 9.17) is 5.11 Å². The van der Waals surface area contributed by atoms with Gasteiger partial charge in [0, 0.05) is 24.6 Å². The van der Waals surface area contributed by atoms with Crippen LogP contribution in [0, 0.1) is 11.8 Å². The highest BCUT2D eigenvalue weighted by Gasteiger charge is 2.38. The zero-order chi connectivity index (χ0) is 15.3. The third-order valence-corrected chi connectivity index (χ3v) is 3.30. The van der Waals surface area contributed by atoms with Crippen molar-refractivity contribution in [3.63, 3.8) is 0 Å². The Morgan fingerprint density at radius 1 is 1.24 bits per heavy atom. The lowest BCUT2D eigenvalue weighted by Crippen LogP contribution is -2.35. The van der Waals surface area contributed by atoms with Crippen molar-refractivity contribution < 1.29 is 18.3 Å². The van der Waals surface area contributed by atoms with Crippen LogP contribution < -0.4 is 0 Å². The molecule has 0 radical (unpaired) electrons. The molecule has 1 aliphatic carbocycles. The Balaban J connectivity index is 2.12. The van der Waals surface area contributed by atoms with Crippen molar-refractivity contribution >= 4 is 0 Å². The molecule has 0 unspecified atom stereocenters. The zero-order valence-corrected chi connectivity index (χ0v) is 11.7. The Morgan fingerprint density at radius 2 is 1.95 bits per heavy atom. The van der Waals surface area contributed by atoms with Gasteiger partial charge in [-0.15, -0.1) is 0 Å². The Hall–Kier alpha value is -1.51. The van der Waals surface area contributed by atoms with Crippen molar-refractivity contribution in [1.82, 2.24) is 4.90 Å². The fourth-order valence-corrected chi connectivity index (χ4v) is 2.20. The molecule has 2 nitrogen and oxygen atoms in total. The fraction of sp³-hybridized carbons (Fsp3) is 0.500. The summed E-state index contributed by atoms with van der Waals surface area (Å²) in [4.78, 5) is 1.48. The number of alkyl halides is 3. The molecule has 0 spiro atoms. The van der Waals surface area contributed by atoms with Gasteiger partial charge in [0.05, 0.1) is 13.2 Å². The van der Waals surface area contributed by atoms with Crippen LogP contribution in [-0.2, 0) is 6.54 Å². The topological polar surface area (TPSA) is 23.5 Å². The minimum atomic E-state index is -4.18. The van der Waals surface area contributed by atoms with Crippen LogP contribution in [0.15, 0.2) is 24.3 Å². The molecule has 0 aromatic heterocycles. The van der Waals surface area contributed by atoms with Crippen molar-refractivity contribution in [3.05, 3.63) is 35.4 Å². The maximum absolute atomic E-state index is 12.6. The Bertz CT molecular complexity index is 526. The van der Waals surface area contributed by atoms with Gasteiger partial charge in [0.25, 0.3) is 0 Å². The average molecular weight is 297 g/mol. The molecule has 21 heavy (non-hydrogen) atoms. The Morgan fingerprint density at radius 3 is 2.57 bits per heavy atom. The number of halogens is 3. The van der Waals surface area contributed by atoms with Gasteiger partial charge < -0.3 is 5.11 Å². The van der Waals surface area contributed by atoms with E-state index in [1.54, 1.807) is 6.07 Å². The molecule has 1 aromatic rings. The molecule has 2 rings (SSSR count). The van der Waals surface area contributed by atoms with Crippen LogP contribution in [-0.4, -0.2) is 35.4 Å². The minimum absolute atomic E-state index is 0.0164. The summed E-state index contributed by atoms with van der Waals surface area (Å²) in [7, 11) is 0. The van der Waals surface area contributed by atoms with Crippen LogP contribution in [0.5, 0.6) is 0 Å². The maximum atomic E-state index is 12.6. The van der Waals surface area contributed by atoms with Crippen molar-refractivity contribution in [2.75, 3.05) is 13.2 Å². The average Bonchev–Trinajstić information content (AvgIpc) is 3.23. The number of rotatable bonds is 5. The summed E-state index contributed by atoms with van der Waals surface area (Å²) < 4.78 is 37.9. The molecule has 0 saturated heterocycles. The lowest BCUT2D eigenvalue weighted by molar-refractivity contribution is -0.148. The van der Waals surface area contributed by atoms with Crippen molar-refractivity contribution in [3.8, 4) is 11.8 Å². The second-order valence-corrected chi connectivity index (χ2v) is 5.18. The van der Waals surface area contributed by atoms with E-state index in [0.717, 1.165) is 24.0 Å². The van der Waals surface area contributed by atoms with Crippen LogP contribution >= 0.6 is 0 Å². The Kier molecular flexibility index (Phi) is 5.27. The van der Waals surface area contributed by atoms with Crippen LogP contribution in [0.3, 0.4) is 0 Å². The van der Waals surface area contributed by atoms with E-state index >= 15 is 0 Å². The molecule has 1 aliphatic rings. The van der Waals surface area contributed by atoms with Gasteiger partial charge in [0.2, 0.25) is 0 Å². The molecule has 114 valence electrons. The van der Waals surface area contributed by atoms with E-state index in [0.29, 0.717) is 6.42 Å². The first-order chi connectivity index (χ1) is 9.99. The summed E-state index contributed by atoms with van der Waals surface area (Å²) in [5.41, 5.74) is 1.54. The summed E-state index contributed by atoms with van der Waals surface area (Å²) in [5, 5.41) is 8.73. The van der Waals surface area contributed by atoms with Crippen molar-refractivity contribution in [2.45, 2.75) is 38.0 Å². The highest BCUT2D eigenvalue weighted by Crippen LogP contribution is 2.31. The molecule has 1 saturated carbocycles. The highest BCUT2D eigenvalue weighted by molar-refractivity contribution is 5.41. The van der Waals surface area contributed by atoms with E-state index < -0.39 is 12.7 Å². The first kappa shape index (κ1) is 15.9. The number of aliphatic hydroxyl groups excluding tert-OH is 1. The maximum Gasteiger partial charge on any atom is 0.401 e. The third kappa shape index (κ3) is 5.41. The summed E-state index contributed by atoms with van der Waals surface area (Å²) in [6.07, 6.45) is -2.16. The minimum Gasteiger partial charge on any atom is -0.395 e. The molecular weight excluding hydrogens is 279 g/mol. The van der Waals surface area contributed by atoms with Crippen molar-refractivity contribution in [1.29, 1.82) is 0 Å². The van der Waals surface area contributed by atoms with Gasteiger partial charge in [-0.1, -0.05) is 30.0 Å². The molecule has 0 bridgehead atoms. The van der Waals surface area contributed by atoms with E-state index in [-0.39, 0.29) is 19.2 Å². The standard InChI is InChI=1S/C16H18F3NO/c17-16(18,19)12-20(15-8-9-15)11-14-7-2-1-5-13(14)6-3-4-10-21/h1-2,5,7,15,21H,4,8-12H2. The smallest absolute Gasteiger partial charge is 0.395 e. The lowest BCUT2D eigenvalue weighted by atomic mass is 10.1. The molecule has 1 fully saturated rings. The normalized spacial score (nSPS) is 14.9. The van der Waals surface area contributed by atoms with E-state index in [1.807, 2.05) is 18.2 Å². The number of hydrogen-bond donors (Lipinski definition) is 1. The fourth-order valence-electron chi connectivity index (χ4n) is 2.20. The van der Waals surface area contributed by atoms with E-state index in [2.05, 4.69) is 11.8 Å². The Labute approximate surface area is 122 Å². The quantitative estimate of drug-likeness (QED) is 0.845. The highest BCUT2D eigenvalue weighted by atomic mass is 19.4. The second-order valence-electron chi connectivity index (χ2n) is 5.18. The van der Waals surface area contributed by atoms with Gasteiger partial charge in [-0.25, -0.2) is 0 Å². The monoisotopic (exact) mass is 297 g/mol. The first-order valence-electron chi connectivity index (χ1n) is 6.98. The molecule has 0 amide bonds. The summed E-state index contributed by atoms with van der Waals surface area (Å²) in [6, 6.07) is 7.28. The third-order valence-electron chi connectivity index (χ3n) is 3.30. The SMILES string of the molecule is OCCC#Cc1ccccc1CN(CC(F)(F)F)C1CC1. The van der Waals surface area contributed by atoms with Crippen molar-refractivity contribution in [2.24, 2.45) is 0 Å². The van der Waals surface area contributed by atoms with Crippen LogP contribution in [0.4, 0.5) is 13.2 Å². The number of hydrogen-bond acceptors (Lipinski definition) is 2. The van der Waals surface area contributed by atoms with E-state index in [9.17, 15) is 13.2 Å². The zero-order valence-electron chi connectivity index (χ0n) is 11.7. The second kappa shape index (κ2) is 6.97. The van der Waals surface area contributed by atoms with Gasteiger partial charge in [0.1, 0.15) is 0 Å². The number of aliphatic hydroxyl groups is 1. The molecule has 0 aliphatic heterocycles. The number of benzene rings is 1. The predicted molar refractivity (Wildman–Crippen MR) is 74.5 cm³/mol. The molecule has 1 N–H and O–H groups in total. The summed E-state index contributed by atoms with van der Waals surface area (Å²) in [5.74, 6) is 5.74. The summed E-state index contributed by atoms with van der Waals surface area (Å²) >= 11 is 0. The first-order valence-corrected chi connectivity index (χ1v) is 6.98. The van der Waals surface area contributed by atoms with Gasteiger partial charge in [-0.05, 0) is 24.5 Å². The van der Waals surface area contributed by atoms with Crippen LogP contribution in [0.25, 0.3) is 0 Å². The van der Waals surface area contributed by atoms with Gasteiger partial charge >= 0.3 is 6.18 Å². The summed E-state index contributed by atoms with van der Waals surface area (Å²) in [6.45, 7) is -0.637.